The molecule has 5 nitrogen and oxygen atoms in total. The lowest BCUT2D eigenvalue weighted by Gasteiger charge is -2.07. The number of amides is 2. The highest BCUT2D eigenvalue weighted by atomic mass is 16.2. The quantitative estimate of drug-likeness (QED) is 0.784. The fourth-order valence-corrected chi connectivity index (χ4v) is 2.30. The van der Waals surface area contributed by atoms with Crippen LogP contribution in [-0.4, -0.2) is 23.3 Å². The first kappa shape index (κ1) is 17.7. The number of rotatable bonds is 8. The Morgan fingerprint density at radius 1 is 1.04 bits per heavy atom. The first-order valence-corrected chi connectivity index (χ1v) is 8.21. The molecule has 0 saturated carbocycles. The normalized spacial score (nSPS) is 10.2. The van der Waals surface area contributed by atoms with E-state index < -0.39 is 0 Å². The molecule has 0 unspecified atom stereocenters. The van der Waals surface area contributed by atoms with E-state index >= 15 is 0 Å². The first-order chi connectivity index (χ1) is 11.7. The van der Waals surface area contributed by atoms with E-state index in [1.165, 1.54) is 0 Å². The van der Waals surface area contributed by atoms with Gasteiger partial charge in [0.1, 0.15) is 0 Å². The summed E-state index contributed by atoms with van der Waals surface area (Å²) in [5.74, 6) is 0.0000497. The van der Waals surface area contributed by atoms with E-state index in [0.717, 1.165) is 29.7 Å². The van der Waals surface area contributed by atoms with Crippen molar-refractivity contribution in [1.82, 2.24) is 10.3 Å². The topological polar surface area (TPSA) is 71.1 Å². The van der Waals surface area contributed by atoms with Gasteiger partial charge in [-0.05, 0) is 42.2 Å². The predicted molar refractivity (Wildman–Crippen MR) is 94.6 cm³/mol. The van der Waals surface area contributed by atoms with Crippen molar-refractivity contribution >= 4 is 17.5 Å². The van der Waals surface area contributed by atoms with Crippen molar-refractivity contribution in [1.29, 1.82) is 0 Å². The van der Waals surface area contributed by atoms with Crippen LogP contribution in [0.4, 0.5) is 5.69 Å². The van der Waals surface area contributed by atoms with Crippen LogP contribution in [0.2, 0.25) is 0 Å². The number of anilines is 1. The van der Waals surface area contributed by atoms with Gasteiger partial charge in [0.25, 0.3) is 0 Å². The molecule has 1 aromatic carbocycles. The minimum Gasteiger partial charge on any atom is -0.355 e. The molecule has 2 rings (SSSR count). The second-order valence-electron chi connectivity index (χ2n) is 5.63. The summed E-state index contributed by atoms with van der Waals surface area (Å²) < 4.78 is 0. The maximum absolute atomic E-state index is 12.0. The average molecular weight is 325 g/mol. The summed E-state index contributed by atoms with van der Waals surface area (Å²) in [6.45, 7) is 2.56. The van der Waals surface area contributed by atoms with Gasteiger partial charge in [0, 0.05) is 31.0 Å². The number of hydrogen-bond acceptors (Lipinski definition) is 3. The molecular formula is C19H23N3O2. The van der Waals surface area contributed by atoms with Gasteiger partial charge in [-0.3, -0.25) is 14.6 Å². The molecule has 0 saturated heterocycles. The zero-order chi connectivity index (χ0) is 17.2. The lowest BCUT2D eigenvalue weighted by molar-refractivity contribution is -0.120. The second-order valence-corrected chi connectivity index (χ2v) is 5.63. The number of nitrogens with zero attached hydrogens (tertiary/aromatic N) is 1. The molecule has 0 radical (unpaired) electrons. The summed E-state index contributed by atoms with van der Waals surface area (Å²) in [6.07, 6.45) is 5.97. The Balaban J connectivity index is 1.74. The minimum atomic E-state index is -0.0124. The average Bonchev–Trinajstić information content (AvgIpc) is 2.58. The molecule has 0 aliphatic carbocycles. The Morgan fingerprint density at radius 2 is 1.83 bits per heavy atom. The van der Waals surface area contributed by atoms with Crippen LogP contribution in [0.25, 0.3) is 0 Å². The SMILES string of the molecule is CCCC(=O)Nc1ccc(CC(=O)NCCc2cccnc2)cc1. The van der Waals surface area contributed by atoms with Crippen LogP contribution in [0, 0.1) is 0 Å². The molecule has 1 heterocycles. The maximum atomic E-state index is 12.0. The van der Waals surface area contributed by atoms with Gasteiger partial charge in [-0.2, -0.15) is 0 Å². The van der Waals surface area contributed by atoms with Crippen LogP contribution in [0.5, 0.6) is 0 Å². The van der Waals surface area contributed by atoms with Gasteiger partial charge in [-0.15, -0.1) is 0 Å². The summed E-state index contributed by atoms with van der Waals surface area (Å²) in [6, 6.07) is 11.3. The molecule has 0 bridgehead atoms. The third-order valence-corrected chi connectivity index (χ3v) is 3.54. The van der Waals surface area contributed by atoms with E-state index in [-0.39, 0.29) is 11.8 Å². The van der Waals surface area contributed by atoms with Gasteiger partial charge < -0.3 is 10.6 Å². The summed E-state index contributed by atoms with van der Waals surface area (Å²) in [5, 5.41) is 5.74. The number of nitrogens with one attached hydrogen (secondary N) is 2. The molecular weight excluding hydrogens is 302 g/mol. The molecule has 0 aliphatic heterocycles. The number of carbonyl (C=O) groups is 2. The van der Waals surface area contributed by atoms with E-state index in [1.807, 2.05) is 43.3 Å². The summed E-state index contributed by atoms with van der Waals surface area (Å²) in [5.41, 5.74) is 2.78. The molecule has 1 aromatic heterocycles. The molecule has 0 fully saturated rings. The summed E-state index contributed by atoms with van der Waals surface area (Å²) in [4.78, 5) is 27.5. The van der Waals surface area contributed by atoms with Crippen LogP contribution < -0.4 is 10.6 Å². The third-order valence-electron chi connectivity index (χ3n) is 3.54. The minimum absolute atomic E-state index is 0.0124. The Kier molecular flexibility index (Phi) is 6.95. The van der Waals surface area contributed by atoms with E-state index in [0.29, 0.717) is 19.4 Å². The largest absolute Gasteiger partial charge is 0.355 e. The van der Waals surface area contributed by atoms with Gasteiger partial charge in [0.15, 0.2) is 0 Å². The number of hydrogen-bond donors (Lipinski definition) is 2. The number of aromatic nitrogens is 1. The molecule has 24 heavy (non-hydrogen) atoms. The highest BCUT2D eigenvalue weighted by Crippen LogP contribution is 2.10. The van der Waals surface area contributed by atoms with Crippen LogP contribution in [0.15, 0.2) is 48.8 Å². The van der Waals surface area contributed by atoms with Crippen LogP contribution in [0.1, 0.15) is 30.9 Å². The first-order valence-electron chi connectivity index (χ1n) is 8.21. The predicted octanol–water partition coefficient (Wildman–Crippen LogP) is 2.72. The van der Waals surface area contributed by atoms with Gasteiger partial charge in [0.2, 0.25) is 11.8 Å². The van der Waals surface area contributed by atoms with E-state index in [9.17, 15) is 9.59 Å². The Hall–Kier alpha value is -2.69. The van der Waals surface area contributed by atoms with E-state index in [2.05, 4.69) is 15.6 Å². The molecule has 2 N–H and O–H groups in total. The van der Waals surface area contributed by atoms with E-state index in [1.54, 1.807) is 12.4 Å². The van der Waals surface area contributed by atoms with Crippen LogP contribution in [-0.2, 0) is 22.4 Å². The van der Waals surface area contributed by atoms with Gasteiger partial charge >= 0.3 is 0 Å². The molecule has 5 heteroatoms. The number of benzene rings is 1. The van der Waals surface area contributed by atoms with Crippen molar-refractivity contribution in [3.8, 4) is 0 Å². The summed E-state index contributed by atoms with van der Waals surface area (Å²) in [7, 11) is 0. The van der Waals surface area contributed by atoms with Crippen LogP contribution >= 0.6 is 0 Å². The number of pyridine rings is 1. The van der Waals surface area contributed by atoms with Crippen molar-refractivity contribution in [2.24, 2.45) is 0 Å². The second kappa shape index (κ2) is 9.45. The third kappa shape index (κ3) is 6.20. The molecule has 0 spiro atoms. The van der Waals surface area contributed by atoms with Crippen molar-refractivity contribution in [3.05, 3.63) is 59.9 Å². The fraction of sp³-hybridized carbons (Fsp3) is 0.316. The van der Waals surface area contributed by atoms with Crippen molar-refractivity contribution < 1.29 is 9.59 Å². The van der Waals surface area contributed by atoms with Gasteiger partial charge in [-0.25, -0.2) is 0 Å². The molecule has 0 aliphatic rings. The smallest absolute Gasteiger partial charge is 0.224 e. The van der Waals surface area contributed by atoms with Crippen LogP contribution in [0.3, 0.4) is 0 Å². The molecule has 2 amide bonds. The lowest BCUT2D eigenvalue weighted by Crippen LogP contribution is -2.27. The Morgan fingerprint density at radius 3 is 2.50 bits per heavy atom. The highest BCUT2D eigenvalue weighted by Gasteiger charge is 2.05. The van der Waals surface area contributed by atoms with Gasteiger partial charge in [0.05, 0.1) is 6.42 Å². The monoisotopic (exact) mass is 325 g/mol. The fourth-order valence-electron chi connectivity index (χ4n) is 2.30. The Labute approximate surface area is 142 Å². The lowest BCUT2D eigenvalue weighted by atomic mass is 10.1. The Bertz CT molecular complexity index is 654. The number of carbonyl (C=O) groups excluding carboxylic acids is 2. The zero-order valence-corrected chi connectivity index (χ0v) is 13.9. The standard InChI is InChI=1S/C19H23N3O2/c1-2-4-18(23)22-17-8-6-15(7-9-17)13-19(24)21-12-10-16-5-3-11-20-14-16/h3,5-9,11,14H,2,4,10,12-13H2,1H3,(H,21,24)(H,22,23). The highest BCUT2D eigenvalue weighted by molar-refractivity contribution is 5.90. The molecule has 126 valence electrons. The van der Waals surface area contributed by atoms with Gasteiger partial charge in [-0.1, -0.05) is 25.1 Å². The maximum Gasteiger partial charge on any atom is 0.224 e. The zero-order valence-electron chi connectivity index (χ0n) is 13.9. The van der Waals surface area contributed by atoms with Crippen molar-refractivity contribution in [3.63, 3.8) is 0 Å². The van der Waals surface area contributed by atoms with E-state index in [4.69, 9.17) is 0 Å². The van der Waals surface area contributed by atoms with Crippen molar-refractivity contribution in [2.75, 3.05) is 11.9 Å². The molecule has 2 aromatic rings. The van der Waals surface area contributed by atoms with Crippen molar-refractivity contribution in [2.45, 2.75) is 32.6 Å². The molecule has 0 atom stereocenters. The summed E-state index contributed by atoms with van der Waals surface area (Å²) >= 11 is 0.